The van der Waals surface area contributed by atoms with E-state index in [0.29, 0.717) is 5.82 Å². The first-order valence-electron chi connectivity index (χ1n) is 24.4. The van der Waals surface area contributed by atoms with Crippen LogP contribution in [0.3, 0.4) is 0 Å². The van der Waals surface area contributed by atoms with Gasteiger partial charge in [-0.1, -0.05) is 255 Å². The third kappa shape index (κ3) is 7.19. The first kappa shape index (κ1) is 41.9. The van der Waals surface area contributed by atoms with Gasteiger partial charge in [0, 0.05) is 16.7 Å². The van der Waals surface area contributed by atoms with E-state index in [1.807, 2.05) is 6.07 Å². The molecule has 0 N–H and O–H groups in total. The maximum absolute atomic E-state index is 5.36. The summed E-state index contributed by atoms with van der Waals surface area (Å²) in [7, 11) is 0. The van der Waals surface area contributed by atoms with Crippen molar-refractivity contribution in [3.05, 3.63) is 301 Å². The van der Waals surface area contributed by atoms with Gasteiger partial charge in [-0.2, -0.15) is 0 Å². The van der Waals surface area contributed by atoms with Crippen LogP contribution in [0.25, 0.3) is 100 Å². The molecule has 12 aromatic rings. The highest BCUT2D eigenvalue weighted by Gasteiger charge is 2.46. The van der Waals surface area contributed by atoms with E-state index in [9.17, 15) is 0 Å². The number of rotatable bonds is 9. The molecule has 0 unspecified atom stereocenters. The second kappa shape index (κ2) is 17.7. The highest BCUT2D eigenvalue weighted by molar-refractivity contribution is 6.06. The normalized spacial score (nSPS) is 12.3. The minimum absolute atomic E-state index is 0.499. The standard InChI is InChI=1S/C69H46N2/c1-6-23-47(24-7-1)50-43-51(45-52(44-50)57-38-22-40-64-67(57)62-37-20-21-39-63(62)69(64,53-29-12-4-13-30-53)54-31-14-5-15-32-54)56-41-42-61(59-35-18-17-34-58(56)59)66-46-65(70-68(71-66)49-27-10-3-11-28-49)60-36-19-16-33-55(60)48-25-8-2-9-26-48/h1-46H. The van der Waals surface area contributed by atoms with E-state index in [1.165, 1.54) is 50.1 Å². The average Bonchev–Trinajstić information content (AvgIpc) is 3.78. The monoisotopic (exact) mass is 902 g/mol. The molecule has 0 radical (unpaired) electrons. The van der Waals surface area contributed by atoms with Crippen molar-refractivity contribution < 1.29 is 0 Å². The zero-order chi connectivity index (χ0) is 47.1. The van der Waals surface area contributed by atoms with Gasteiger partial charge in [0.05, 0.1) is 16.8 Å². The highest BCUT2D eigenvalue weighted by atomic mass is 14.9. The van der Waals surface area contributed by atoms with Crippen molar-refractivity contribution in [1.29, 1.82) is 0 Å². The van der Waals surface area contributed by atoms with Gasteiger partial charge < -0.3 is 0 Å². The van der Waals surface area contributed by atoms with E-state index >= 15 is 0 Å². The molecule has 0 amide bonds. The van der Waals surface area contributed by atoms with Crippen LogP contribution >= 0.6 is 0 Å². The van der Waals surface area contributed by atoms with E-state index in [4.69, 9.17) is 9.97 Å². The molecule has 0 bridgehead atoms. The lowest BCUT2D eigenvalue weighted by Gasteiger charge is -2.34. The maximum atomic E-state index is 5.36. The van der Waals surface area contributed by atoms with Gasteiger partial charge in [-0.05, 0) is 113 Å². The number of fused-ring (bicyclic) bond motifs is 4. The lowest BCUT2D eigenvalue weighted by molar-refractivity contribution is 0.768. The van der Waals surface area contributed by atoms with Crippen LogP contribution in [0.5, 0.6) is 0 Å². The van der Waals surface area contributed by atoms with Crippen molar-refractivity contribution in [2.45, 2.75) is 5.41 Å². The smallest absolute Gasteiger partial charge is 0.160 e. The fraction of sp³-hybridized carbons (Fsp3) is 0.0145. The van der Waals surface area contributed by atoms with Crippen LogP contribution in [0.1, 0.15) is 22.3 Å². The largest absolute Gasteiger partial charge is 0.228 e. The molecule has 11 aromatic carbocycles. The summed E-state index contributed by atoms with van der Waals surface area (Å²) in [6.45, 7) is 0. The van der Waals surface area contributed by atoms with Crippen LogP contribution < -0.4 is 0 Å². The number of nitrogens with zero attached hydrogens (tertiary/aromatic N) is 2. The van der Waals surface area contributed by atoms with Crippen molar-refractivity contribution in [1.82, 2.24) is 9.97 Å². The lowest BCUT2D eigenvalue weighted by Crippen LogP contribution is -2.28. The third-order valence-electron chi connectivity index (χ3n) is 14.4. The number of benzene rings is 11. The molecule has 13 rings (SSSR count). The van der Waals surface area contributed by atoms with Crippen molar-refractivity contribution in [3.63, 3.8) is 0 Å². The predicted octanol–water partition coefficient (Wildman–Crippen LogP) is 17.7. The second-order valence-corrected chi connectivity index (χ2v) is 18.4. The summed E-state index contributed by atoms with van der Waals surface area (Å²) < 4.78 is 0. The Labute approximate surface area is 414 Å². The Bertz CT molecular complexity index is 3860. The Morgan fingerprint density at radius 3 is 1.32 bits per heavy atom. The summed E-state index contributed by atoms with van der Waals surface area (Å²) in [5, 5.41) is 2.28. The second-order valence-electron chi connectivity index (χ2n) is 18.4. The number of hydrogen-bond donors (Lipinski definition) is 0. The van der Waals surface area contributed by atoms with Gasteiger partial charge >= 0.3 is 0 Å². The summed E-state index contributed by atoms with van der Waals surface area (Å²) in [4.78, 5) is 10.6. The van der Waals surface area contributed by atoms with E-state index in [-0.39, 0.29) is 0 Å². The van der Waals surface area contributed by atoms with Crippen LogP contribution in [0.15, 0.2) is 279 Å². The van der Waals surface area contributed by atoms with Crippen LogP contribution in [0.4, 0.5) is 0 Å². The molecular formula is C69H46N2. The van der Waals surface area contributed by atoms with E-state index in [0.717, 1.165) is 66.7 Å². The molecule has 0 saturated heterocycles. The summed E-state index contributed by atoms with van der Waals surface area (Å²) >= 11 is 0. The van der Waals surface area contributed by atoms with E-state index < -0.39 is 5.41 Å². The van der Waals surface area contributed by atoms with Gasteiger partial charge in [-0.15, -0.1) is 0 Å². The molecule has 0 fully saturated rings. The molecule has 332 valence electrons. The molecule has 2 nitrogen and oxygen atoms in total. The Hall–Kier alpha value is -9.24. The van der Waals surface area contributed by atoms with Crippen molar-refractivity contribution in [2.75, 3.05) is 0 Å². The van der Waals surface area contributed by atoms with Crippen molar-refractivity contribution in [3.8, 4) is 89.5 Å². The molecule has 0 spiro atoms. The predicted molar refractivity (Wildman–Crippen MR) is 295 cm³/mol. The Morgan fingerprint density at radius 1 is 0.239 bits per heavy atom. The van der Waals surface area contributed by atoms with E-state index in [2.05, 4.69) is 273 Å². The fourth-order valence-corrected chi connectivity index (χ4v) is 11.3. The Morgan fingerprint density at radius 2 is 0.676 bits per heavy atom. The Balaban J connectivity index is 1.02. The van der Waals surface area contributed by atoms with Gasteiger partial charge in [-0.3, -0.25) is 0 Å². The minimum atomic E-state index is -0.499. The molecule has 1 aromatic heterocycles. The van der Waals surface area contributed by atoms with Gasteiger partial charge in [0.15, 0.2) is 5.82 Å². The molecule has 0 atom stereocenters. The van der Waals surface area contributed by atoms with Crippen molar-refractivity contribution >= 4 is 10.8 Å². The van der Waals surface area contributed by atoms with Gasteiger partial charge in [0.2, 0.25) is 0 Å². The summed E-state index contributed by atoms with van der Waals surface area (Å²) in [5.74, 6) is 0.690. The van der Waals surface area contributed by atoms with Gasteiger partial charge in [0.1, 0.15) is 0 Å². The highest BCUT2D eigenvalue weighted by Crippen LogP contribution is 2.58. The quantitative estimate of drug-likeness (QED) is 0.144. The molecule has 71 heavy (non-hydrogen) atoms. The molecular weight excluding hydrogens is 857 g/mol. The SMILES string of the molecule is c1ccc(-c2cc(-c3cccc4c3-c3ccccc3C4(c3ccccc3)c3ccccc3)cc(-c3ccc(-c4cc(-c5ccccc5-c5ccccc5)nc(-c5ccccc5)n4)c4ccccc34)c2)cc1. The Kier molecular flexibility index (Phi) is 10.4. The fourth-order valence-electron chi connectivity index (χ4n) is 11.3. The first-order chi connectivity index (χ1) is 35.2. The molecule has 1 aliphatic rings. The molecule has 1 aliphatic carbocycles. The minimum Gasteiger partial charge on any atom is -0.228 e. The first-order valence-corrected chi connectivity index (χ1v) is 24.4. The number of hydrogen-bond acceptors (Lipinski definition) is 2. The van der Waals surface area contributed by atoms with Gasteiger partial charge in [-0.25, -0.2) is 9.97 Å². The lowest BCUT2D eigenvalue weighted by atomic mass is 9.67. The zero-order valence-electron chi connectivity index (χ0n) is 39.0. The summed E-state index contributed by atoms with van der Waals surface area (Å²) in [5.41, 5.74) is 21.3. The molecule has 1 heterocycles. The van der Waals surface area contributed by atoms with Gasteiger partial charge in [0.25, 0.3) is 0 Å². The van der Waals surface area contributed by atoms with Crippen LogP contribution in [-0.2, 0) is 5.41 Å². The zero-order valence-corrected chi connectivity index (χ0v) is 39.0. The molecule has 0 aliphatic heterocycles. The molecule has 2 heteroatoms. The van der Waals surface area contributed by atoms with Crippen LogP contribution in [0, 0.1) is 0 Å². The van der Waals surface area contributed by atoms with Crippen LogP contribution in [-0.4, -0.2) is 9.97 Å². The topological polar surface area (TPSA) is 25.8 Å². The maximum Gasteiger partial charge on any atom is 0.160 e. The van der Waals surface area contributed by atoms with Crippen molar-refractivity contribution in [2.24, 2.45) is 0 Å². The van der Waals surface area contributed by atoms with E-state index in [1.54, 1.807) is 0 Å². The number of aromatic nitrogens is 2. The summed E-state index contributed by atoms with van der Waals surface area (Å²) in [6.07, 6.45) is 0. The molecule has 0 saturated carbocycles. The third-order valence-corrected chi connectivity index (χ3v) is 14.4. The van der Waals surface area contributed by atoms with Crippen LogP contribution in [0.2, 0.25) is 0 Å². The summed E-state index contributed by atoms with van der Waals surface area (Å²) in [6, 6.07) is 101. The average molecular weight is 903 g/mol.